The minimum atomic E-state index is -0.0818. The molecule has 0 aromatic carbocycles. The highest BCUT2D eigenvalue weighted by molar-refractivity contribution is 7.98. The normalized spacial score (nSPS) is 11.1. The van der Waals surface area contributed by atoms with Gasteiger partial charge in [-0.15, -0.1) is 5.10 Å². The molecule has 0 atom stereocenters. The van der Waals surface area contributed by atoms with Crippen molar-refractivity contribution in [1.82, 2.24) is 29.6 Å². The molecule has 8 heteroatoms. The third kappa shape index (κ3) is 2.42. The monoisotopic (exact) mass is 288 g/mol. The second-order valence-corrected chi connectivity index (χ2v) is 5.33. The lowest BCUT2D eigenvalue weighted by Gasteiger charge is -2.04. The zero-order chi connectivity index (χ0) is 14.1. The van der Waals surface area contributed by atoms with E-state index in [0.717, 1.165) is 5.56 Å². The third-order valence-corrected chi connectivity index (χ3v) is 3.85. The zero-order valence-electron chi connectivity index (χ0n) is 11.0. The largest absolute Gasteiger partial charge is 0.269 e. The molecule has 0 unspecified atom stereocenters. The van der Waals surface area contributed by atoms with E-state index in [1.54, 1.807) is 24.0 Å². The van der Waals surface area contributed by atoms with Crippen LogP contribution >= 0.6 is 11.8 Å². The van der Waals surface area contributed by atoms with E-state index in [9.17, 15) is 4.79 Å². The lowest BCUT2D eigenvalue weighted by Crippen LogP contribution is -2.15. The summed E-state index contributed by atoms with van der Waals surface area (Å²) in [5.74, 6) is 0.549. The van der Waals surface area contributed by atoms with Crippen molar-refractivity contribution in [2.24, 2.45) is 7.05 Å². The third-order valence-electron chi connectivity index (χ3n) is 2.81. The molecule has 0 bridgehead atoms. The van der Waals surface area contributed by atoms with Gasteiger partial charge >= 0.3 is 0 Å². The predicted octanol–water partition coefficient (Wildman–Crippen LogP) is 0.819. The van der Waals surface area contributed by atoms with Gasteiger partial charge in [0, 0.05) is 25.1 Å². The van der Waals surface area contributed by atoms with E-state index in [-0.39, 0.29) is 5.56 Å². The summed E-state index contributed by atoms with van der Waals surface area (Å²) in [6.07, 6.45) is 1.74. The first kappa shape index (κ1) is 12.8. The molecule has 3 rings (SSSR count). The van der Waals surface area contributed by atoms with Crippen LogP contribution in [0.1, 0.15) is 11.3 Å². The molecule has 0 aliphatic carbocycles. The number of thioether (sulfide) groups is 1. The van der Waals surface area contributed by atoms with E-state index < -0.39 is 0 Å². The molecule has 0 saturated carbocycles. The molecule has 0 aliphatic heterocycles. The second-order valence-electron chi connectivity index (χ2n) is 4.39. The Morgan fingerprint density at radius 1 is 1.35 bits per heavy atom. The van der Waals surface area contributed by atoms with Crippen LogP contribution in [0.15, 0.2) is 34.3 Å². The van der Waals surface area contributed by atoms with Crippen LogP contribution < -0.4 is 5.56 Å². The van der Waals surface area contributed by atoms with E-state index in [1.165, 1.54) is 16.2 Å². The fraction of sp³-hybridized carbons (Fsp3) is 0.250. The van der Waals surface area contributed by atoms with Gasteiger partial charge in [0.1, 0.15) is 5.65 Å². The average Bonchev–Trinajstić information content (AvgIpc) is 2.81. The molecule has 0 aliphatic rings. The first-order chi connectivity index (χ1) is 9.63. The summed E-state index contributed by atoms with van der Waals surface area (Å²) in [6.45, 7) is 1.97. The van der Waals surface area contributed by atoms with E-state index >= 15 is 0 Å². The minimum Gasteiger partial charge on any atom is -0.269 e. The second kappa shape index (κ2) is 5.04. The summed E-state index contributed by atoms with van der Waals surface area (Å²) in [4.78, 5) is 16.5. The van der Waals surface area contributed by atoms with Gasteiger partial charge in [-0.3, -0.25) is 9.20 Å². The molecule has 102 valence electrons. The van der Waals surface area contributed by atoms with Gasteiger partial charge in [-0.2, -0.15) is 0 Å². The van der Waals surface area contributed by atoms with Crippen molar-refractivity contribution < 1.29 is 0 Å². The van der Waals surface area contributed by atoms with Gasteiger partial charge in [0.2, 0.25) is 5.16 Å². The molecular weight excluding hydrogens is 276 g/mol. The fourth-order valence-corrected chi connectivity index (χ4v) is 2.55. The molecule has 0 amide bonds. The predicted molar refractivity (Wildman–Crippen MR) is 74.6 cm³/mol. The first-order valence-corrected chi connectivity index (χ1v) is 6.96. The van der Waals surface area contributed by atoms with Gasteiger partial charge in [-0.1, -0.05) is 11.8 Å². The number of aryl methyl sites for hydroxylation is 2. The van der Waals surface area contributed by atoms with Crippen LogP contribution in [-0.4, -0.2) is 29.6 Å². The zero-order valence-corrected chi connectivity index (χ0v) is 11.8. The molecule has 7 nitrogen and oxygen atoms in total. The summed E-state index contributed by atoms with van der Waals surface area (Å²) in [5, 5.41) is 11.9. The number of fused-ring (bicyclic) bond motifs is 1. The molecule has 0 spiro atoms. The lowest BCUT2D eigenvalue weighted by molar-refractivity contribution is 0.664. The Bertz CT molecular complexity index is 824. The number of hydrogen-bond acceptors (Lipinski definition) is 6. The Hall–Kier alpha value is -2.22. The topological polar surface area (TPSA) is 78.0 Å². The van der Waals surface area contributed by atoms with Crippen LogP contribution in [0.25, 0.3) is 5.65 Å². The summed E-state index contributed by atoms with van der Waals surface area (Å²) >= 11 is 1.44. The summed E-state index contributed by atoms with van der Waals surface area (Å²) in [7, 11) is 1.77. The van der Waals surface area contributed by atoms with Crippen LogP contribution in [-0.2, 0) is 12.8 Å². The molecule has 0 fully saturated rings. The minimum absolute atomic E-state index is 0.0818. The Morgan fingerprint density at radius 3 is 2.95 bits per heavy atom. The highest BCUT2D eigenvalue weighted by atomic mass is 32.2. The van der Waals surface area contributed by atoms with Gasteiger partial charge in [-0.25, -0.2) is 9.67 Å². The van der Waals surface area contributed by atoms with Gasteiger partial charge in [0.25, 0.3) is 5.56 Å². The number of tetrazole rings is 1. The smallest absolute Gasteiger partial charge is 0.258 e. The van der Waals surface area contributed by atoms with E-state index in [0.29, 0.717) is 22.3 Å². The van der Waals surface area contributed by atoms with Gasteiger partial charge in [0.05, 0.1) is 5.69 Å². The summed E-state index contributed by atoms with van der Waals surface area (Å²) < 4.78 is 3.12. The Balaban J connectivity index is 1.92. The molecule has 3 aromatic heterocycles. The average molecular weight is 288 g/mol. The first-order valence-electron chi connectivity index (χ1n) is 5.97. The van der Waals surface area contributed by atoms with Crippen molar-refractivity contribution in [3.8, 4) is 0 Å². The maximum Gasteiger partial charge on any atom is 0.258 e. The van der Waals surface area contributed by atoms with Crippen LogP contribution in [0.3, 0.4) is 0 Å². The Labute approximate surface area is 118 Å². The Kier molecular flexibility index (Phi) is 3.23. The maximum absolute atomic E-state index is 12.0. The molecule has 3 aromatic rings. The van der Waals surface area contributed by atoms with E-state index in [4.69, 9.17) is 0 Å². The van der Waals surface area contributed by atoms with Crippen molar-refractivity contribution in [2.75, 3.05) is 0 Å². The van der Waals surface area contributed by atoms with Crippen LogP contribution in [0, 0.1) is 6.92 Å². The molecule has 0 N–H and O–H groups in total. The van der Waals surface area contributed by atoms with Gasteiger partial charge in [0.15, 0.2) is 0 Å². The number of aromatic nitrogens is 6. The SMILES string of the molecule is Cc1ccn2c(=O)cc(CSc3nnnn3C)nc2c1. The number of nitrogens with zero attached hydrogens (tertiary/aromatic N) is 6. The quantitative estimate of drug-likeness (QED) is 0.664. The van der Waals surface area contributed by atoms with Crippen molar-refractivity contribution >= 4 is 17.4 Å². The molecular formula is C12H12N6OS. The van der Waals surface area contributed by atoms with E-state index in [2.05, 4.69) is 20.5 Å². The van der Waals surface area contributed by atoms with Crippen molar-refractivity contribution in [3.05, 3.63) is 46.0 Å². The van der Waals surface area contributed by atoms with Gasteiger partial charge in [-0.05, 0) is 35.0 Å². The van der Waals surface area contributed by atoms with E-state index in [1.807, 2.05) is 19.1 Å². The highest BCUT2D eigenvalue weighted by Gasteiger charge is 2.07. The van der Waals surface area contributed by atoms with Crippen molar-refractivity contribution in [1.29, 1.82) is 0 Å². The van der Waals surface area contributed by atoms with Crippen LogP contribution in [0.5, 0.6) is 0 Å². The van der Waals surface area contributed by atoms with Crippen LogP contribution in [0.4, 0.5) is 0 Å². The Morgan fingerprint density at radius 2 is 2.20 bits per heavy atom. The summed E-state index contributed by atoms with van der Waals surface area (Å²) in [6, 6.07) is 5.31. The number of rotatable bonds is 3. The number of pyridine rings is 1. The molecule has 20 heavy (non-hydrogen) atoms. The summed E-state index contributed by atoms with van der Waals surface area (Å²) in [5.41, 5.74) is 2.36. The lowest BCUT2D eigenvalue weighted by atomic mass is 10.3. The van der Waals surface area contributed by atoms with Gasteiger partial charge < -0.3 is 0 Å². The maximum atomic E-state index is 12.0. The fourth-order valence-electron chi connectivity index (χ4n) is 1.81. The molecule has 3 heterocycles. The molecule has 0 saturated heterocycles. The van der Waals surface area contributed by atoms with Crippen LogP contribution in [0.2, 0.25) is 0 Å². The van der Waals surface area contributed by atoms with Crippen molar-refractivity contribution in [2.45, 2.75) is 17.8 Å². The highest BCUT2D eigenvalue weighted by Crippen LogP contribution is 2.17. The van der Waals surface area contributed by atoms with Crippen molar-refractivity contribution in [3.63, 3.8) is 0 Å². The standard InChI is InChI=1S/C12H12N6OS/c1-8-3-4-18-10(5-8)13-9(6-11(18)19)7-20-12-14-15-16-17(12)2/h3-6H,7H2,1-2H3. The molecule has 0 radical (unpaired) electrons. The number of hydrogen-bond donors (Lipinski definition) is 0.